The lowest BCUT2D eigenvalue weighted by atomic mass is 9.90. The smallest absolute Gasteiger partial charge is 0.220 e. The zero-order valence-corrected chi connectivity index (χ0v) is 13.8. The number of nitrogens with one attached hydrogen (secondary N) is 1. The van der Waals surface area contributed by atoms with Crippen molar-refractivity contribution < 1.29 is 14.3 Å². The van der Waals surface area contributed by atoms with Crippen molar-refractivity contribution in [3.8, 4) is 11.6 Å². The van der Waals surface area contributed by atoms with Gasteiger partial charge in [-0.05, 0) is 37.0 Å². The quantitative estimate of drug-likeness (QED) is 0.886. The highest BCUT2D eigenvalue weighted by atomic mass is 16.5. The Morgan fingerprint density at radius 3 is 3.08 bits per heavy atom. The molecule has 1 aliphatic heterocycles. The molecule has 5 nitrogen and oxygen atoms in total. The van der Waals surface area contributed by atoms with E-state index in [-0.39, 0.29) is 11.8 Å². The van der Waals surface area contributed by atoms with Crippen LogP contribution in [0.2, 0.25) is 0 Å². The molecule has 0 saturated carbocycles. The molecule has 2 heterocycles. The van der Waals surface area contributed by atoms with E-state index in [9.17, 15) is 4.79 Å². The minimum atomic E-state index is 0.0306. The van der Waals surface area contributed by atoms with E-state index in [1.807, 2.05) is 43.3 Å². The second kappa shape index (κ2) is 7.81. The van der Waals surface area contributed by atoms with Crippen LogP contribution in [0.15, 0.2) is 42.6 Å². The summed E-state index contributed by atoms with van der Waals surface area (Å²) >= 11 is 0. The van der Waals surface area contributed by atoms with Gasteiger partial charge < -0.3 is 14.8 Å². The van der Waals surface area contributed by atoms with E-state index in [1.165, 1.54) is 0 Å². The topological polar surface area (TPSA) is 60.5 Å². The second-order valence-electron chi connectivity index (χ2n) is 5.75. The summed E-state index contributed by atoms with van der Waals surface area (Å²) in [7, 11) is 0. The Bertz CT molecular complexity index is 703. The molecule has 126 valence electrons. The van der Waals surface area contributed by atoms with Crippen LogP contribution < -0.4 is 14.8 Å². The van der Waals surface area contributed by atoms with Crippen LogP contribution in [-0.4, -0.2) is 24.1 Å². The molecule has 0 aliphatic carbocycles. The molecule has 0 bridgehead atoms. The fraction of sp³-hybridized carbons (Fsp3) is 0.368. The van der Waals surface area contributed by atoms with E-state index >= 15 is 0 Å². The van der Waals surface area contributed by atoms with Crippen molar-refractivity contribution in [3.05, 3.63) is 53.7 Å². The summed E-state index contributed by atoms with van der Waals surface area (Å²) in [6, 6.07) is 11.7. The van der Waals surface area contributed by atoms with Crippen LogP contribution in [0.25, 0.3) is 0 Å². The molecular weight excluding hydrogens is 304 g/mol. The van der Waals surface area contributed by atoms with E-state index < -0.39 is 0 Å². The van der Waals surface area contributed by atoms with Crippen LogP contribution in [-0.2, 0) is 11.3 Å². The average molecular weight is 326 g/mol. The predicted octanol–water partition coefficient (Wildman–Crippen LogP) is 3.05. The Balaban J connectivity index is 1.59. The number of nitrogens with zero attached hydrogens (tertiary/aromatic N) is 1. The van der Waals surface area contributed by atoms with Crippen molar-refractivity contribution in [2.45, 2.75) is 32.2 Å². The number of ether oxygens (including phenoxy) is 2. The summed E-state index contributed by atoms with van der Waals surface area (Å²) in [4.78, 5) is 16.6. The van der Waals surface area contributed by atoms with Gasteiger partial charge in [0, 0.05) is 24.7 Å². The number of hydrogen-bond acceptors (Lipinski definition) is 4. The van der Waals surface area contributed by atoms with Gasteiger partial charge in [-0.15, -0.1) is 0 Å². The van der Waals surface area contributed by atoms with Gasteiger partial charge in [0.1, 0.15) is 5.75 Å². The van der Waals surface area contributed by atoms with Crippen molar-refractivity contribution in [1.82, 2.24) is 10.3 Å². The summed E-state index contributed by atoms with van der Waals surface area (Å²) in [5.41, 5.74) is 2.01. The van der Waals surface area contributed by atoms with Crippen LogP contribution in [0, 0.1) is 0 Å². The van der Waals surface area contributed by atoms with E-state index in [0.717, 1.165) is 23.3 Å². The van der Waals surface area contributed by atoms with Gasteiger partial charge in [-0.25, -0.2) is 4.98 Å². The first-order valence-electron chi connectivity index (χ1n) is 8.33. The van der Waals surface area contributed by atoms with Crippen LogP contribution >= 0.6 is 0 Å². The summed E-state index contributed by atoms with van der Waals surface area (Å²) in [6.45, 7) is 3.55. The Morgan fingerprint density at radius 2 is 2.21 bits per heavy atom. The monoisotopic (exact) mass is 326 g/mol. The minimum absolute atomic E-state index is 0.0306. The lowest BCUT2D eigenvalue weighted by Gasteiger charge is -2.25. The third kappa shape index (κ3) is 3.85. The maximum absolute atomic E-state index is 12.4. The molecule has 3 rings (SSSR count). The van der Waals surface area contributed by atoms with Gasteiger partial charge in [-0.2, -0.15) is 0 Å². The maximum atomic E-state index is 12.4. The standard InChI is InChI=1S/C19H22N2O3/c1-2-23-19-15(6-5-10-20-19)13-21-18(22)12-14-9-11-24-17-8-4-3-7-16(14)17/h3-8,10,14H,2,9,11-13H2,1H3,(H,21,22)/t14-/m0/s1. The van der Waals surface area contributed by atoms with Gasteiger partial charge in [0.15, 0.2) is 0 Å². The van der Waals surface area contributed by atoms with Crippen LogP contribution in [0.3, 0.4) is 0 Å². The molecular formula is C19H22N2O3. The Hall–Kier alpha value is -2.56. The van der Waals surface area contributed by atoms with Gasteiger partial charge in [0.25, 0.3) is 0 Å². The minimum Gasteiger partial charge on any atom is -0.493 e. The number of hydrogen-bond donors (Lipinski definition) is 1. The third-order valence-corrected chi connectivity index (χ3v) is 4.12. The first-order valence-corrected chi connectivity index (χ1v) is 8.33. The van der Waals surface area contributed by atoms with Gasteiger partial charge >= 0.3 is 0 Å². The zero-order chi connectivity index (χ0) is 16.8. The molecule has 5 heteroatoms. The van der Waals surface area contributed by atoms with Crippen molar-refractivity contribution in [2.24, 2.45) is 0 Å². The van der Waals surface area contributed by atoms with E-state index in [4.69, 9.17) is 9.47 Å². The number of aromatic nitrogens is 1. The largest absolute Gasteiger partial charge is 0.493 e. The van der Waals surface area contributed by atoms with Gasteiger partial charge in [0.2, 0.25) is 11.8 Å². The number of carbonyl (C=O) groups is 1. The van der Waals surface area contributed by atoms with Crippen molar-refractivity contribution >= 4 is 5.91 Å². The fourth-order valence-corrected chi connectivity index (χ4v) is 2.94. The Labute approximate surface area is 142 Å². The van der Waals surface area contributed by atoms with Crippen molar-refractivity contribution in [1.29, 1.82) is 0 Å². The highest BCUT2D eigenvalue weighted by molar-refractivity contribution is 5.77. The third-order valence-electron chi connectivity index (χ3n) is 4.12. The first-order chi connectivity index (χ1) is 11.8. The van der Waals surface area contributed by atoms with Gasteiger partial charge in [-0.3, -0.25) is 4.79 Å². The molecule has 1 aromatic heterocycles. The molecule has 24 heavy (non-hydrogen) atoms. The van der Waals surface area contributed by atoms with Gasteiger partial charge in [-0.1, -0.05) is 24.3 Å². The fourth-order valence-electron chi connectivity index (χ4n) is 2.94. The normalized spacial score (nSPS) is 16.0. The molecule has 1 aliphatic rings. The van der Waals surface area contributed by atoms with Crippen LogP contribution in [0.5, 0.6) is 11.6 Å². The predicted molar refractivity (Wildman–Crippen MR) is 91.2 cm³/mol. The number of amides is 1. The first kappa shape index (κ1) is 16.3. The van der Waals surface area contributed by atoms with E-state index in [1.54, 1.807) is 6.20 Å². The molecule has 0 radical (unpaired) electrons. The molecule has 1 amide bonds. The number of carbonyl (C=O) groups excluding carboxylic acids is 1. The molecule has 0 spiro atoms. The number of benzene rings is 1. The summed E-state index contributed by atoms with van der Waals surface area (Å²) in [6.07, 6.45) is 3.02. The maximum Gasteiger partial charge on any atom is 0.220 e. The molecule has 1 aromatic carbocycles. The lowest BCUT2D eigenvalue weighted by Crippen LogP contribution is -2.26. The molecule has 0 fully saturated rings. The van der Waals surface area contributed by atoms with Crippen molar-refractivity contribution in [3.63, 3.8) is 0 Å². The van der Waals surface area contributed by atoms with Gasteiger partial charge in [0.05, 0.1) is 13.2 Å². The number of pyridine rings is 1. The SMILES string of the molecule is CCOc1ncccc1CNC(=O)C[C@@H]1CCOc2ccccc21. The van der Waals surface area contributed by atoms with Crippen LogP contribution in [0.4, 0.5) is 0 Å². The molecule has 1 atom stereocenters. The molecule has 0 unspecified atom stereocenters. The number of fused-ring (bicyclic) bond motifs is 1. The van der Waals surface area contributed by atoms with Crippen molar-refractivity contribution in [2.75, 3.05) is 13.2 Å². The molecule has 2 aromatic rings. The Morgan fingerprint density at radius 1 is 1.33 bits per heavy atom. The van der Waals surface area contributed by atoms with Crippen LogP contribution in [0.1, 0.15) is 36.8 Å². The van der Waals surface area contributed by atoms with E-state index in [2.05, 4.69) is 10.3 Å². The number of para-hydroxylation sites is 1. The number of rotatable bonds is 6. The summed E-state index contributed by atoms with van der Waals surface area (Å²) in [5, 5.41) is 2.98. The Kier molecular flexibility index (Phi) is 5.31. The summed E-state index contributed by atoms with van der Waals surface area (Å²) < 4.78 is 11.1. The highest BCUT2D eigenvalue weighted by Crippen LogP contribution is 2.35. The average Bonchev–Trinajstić information content (AvgIpc) is 2.62. The zero-order valence-electron chi connectivity index (χ0n) is 13.8. The highest BCUT2D eigenvalue weighted by Gasteiger charge is 2.23. The van der Waals surface area contributed by atoms with E-state index in [0.29, 0.717) is 32.1 Å². The summed E-state index contributed by atoms with van der Waals surface area (Å²) in [5.74, 6) is 1.71. The molecule has 1 N–H and O–H groups in total. The molecule has 0 saturated heterocycles. The second-order valence-corrected chi connectivity index (χ2v) is 5.75. The lowest BCUT2D eigenvalue weighted by molar-refractivity contribution is -0.121.